The van der Waals surface area contributed by atoms with Gasteiger partial charge < -0.3 is 9.47 Å². The fourth-order valence-electron chi connectivity index (χ4n) is 3.67. The third-order valence-corrected chi connectivity index (χ3v) is 4.88. The van der Waals surface area contributed by atoms with Crippen LogP contribution < -0.4 is 19.4 Å². The first kappa shape index (κ1) is 18.0. The maximum absolute atomic E-state index is 13.2. The molecule has 2 aromatic carbocycles. The van der Waals surface area contributed by atoms with Crippen LogP contribution >= 0.6 is 0 Å². The number of hydrogen-bond donors (Lipinski definition) is 0. The van der Waals surface area contributed by atoms with Crippen molar-refractivity contribution in [1.29, 1.82) is 0 Å². The van der Waals surface area contributed by atoms with E-state index in [2.05, 4.69) is 10.3 Å². The van der Waals surface area contributed by atoms with Crippen molar-refractivity contribution in [2.45, 2.75) is 25.9 Å². The molecule has 2 aliphatic rings. The highest BCUT2D eigenvalue weighted by atomic mass is 16.5. The molecule has 2 aliphatic heterocycles. The Morgan fingerprint density at radius 1 is 0.857 bits per heavy atom. The van der Waals surface area contributed by atoms with Crippen molar-refractivity contribution in [2.24, 2.45) is 10.3 Å². The Bertz CT molecular complexity index is 983. The summed E-state index contributed by atoms with van der Waals surface area (Å²) < 4.78 is 10.6. The molecule has 144 valence electrons. The number of aryl methyl sites for hydroxylation is 2. The molecule has 0 aromatic heterocycles. The number of fused-ring (bicyclic) bond motifs is 1. The molecule has 8 nitrogen and oxygen atoms in total. The number of rotatable bonds is 4. The predicted molar refractivity (Wildman–Crippen MR) is 103 cm³/mol. The van der Waals surface area contributed by atoms with Gasteiger partial charge in [0, 0.05) is 6.07 Å². The SMILES string of the molecule is COc1ccc(N2N=N[C@@H]3C(=O)N(c4cc(C)cc(C)c4)C(=O)[C@H]32)cc1OC. The van der Waals surface area contributed by atoms with E-state index in [-0.39, 0.29) is 11.8 Å². The lowest BCUT2D eigenvalue weighted by Gasteiger charge is -2.21. The molecule has 8 heteroatoms. The lowest BCUT2D eigenvalue weighted by atomic mass is 10.1. The zero-order valence-electron chi connectivity index (χ0n) is 16.0. The Labute approximate surface area is 162 Å². The van der Waals surface area contributed by atoms with Gasteiger partial charge in [-0.25, -0.2) is 9.91 Å². The number of anilines is 2. The Kier molecular flexibility index (Phi) is 4.26. The molecule has 0 saturated carbocycles. The number of carbonyl (C=O) groups excluding carboxylic acids is 2. The summed E-state index contributed by atoms with van der Waals surface area (Å²) in [6.07, 6.45) is 0. The Balaban J connectivity index is 1.70. The van der Waals surface area contributed by atoms with Crippen LogP contribution in [0.1, 0.15) is 11.1 Å². The van der Waals surface area contributed by atoms with E-state index in [4.69, 9.17) is 9.47 Å². The van der Waals surface area contributed by atoms with Crippen molar-refractivity contribution in [3.63, 3.8) is 0 Å². The van der Waals surface area contributed by atoms with E-state index < -0.39 is 12.1 Å². The number of methoxy groups -OCH3 is 2. The molecule has 2 aromatic rings. The minimum atomic E-state index is -0.860. The van der Waals surface area contributed by atoms with Gasteiger partial charge in [0.1, 0.15) is 0 Å². The molecule has 0 unspecified atom stereocenters. The number of ether oxygens (including phenoxy) is 2. The van der Waals surface area contributed by atoms with Gasteiger partial charge >= 0.3 is 0 Å². The van der Waals surface area contributed by atoms with E-state index >= 15 is 0 Å². The maximum Gasteiger partial charge on any atom is 0.263 e. The first-order valence-electron chi connectivity index (χ1n) is 8.82. The standard InChI is InChI=1S/C20H20N4O4/c1-11-7-12(2)9-14(8-11)23-19(25)17-18(20(23)26)24(22-21-17)13-5-6-15(27-3)16(10-13)28-4/h5-10,17-18H,1-4H3/t17-,18-/m0/s1. The Hall–Kier alpha value is -3.42. The lowest BCUT2D eigenvalue weighted by Crippen LogP contribution is -2.40. The van der Waals surface area contributed by atoms with Gasteiger partial charge in [0.25, 0.3) is 11.8 Å². The topological polar surface area (TPSA) is 83.8 Å². The van der Waals surface area contributed by atoms with Gasteiger partial charge in [-0.2, -0.15) is 5.11 Å². The van der Waals surface area contributed by atoms with Gasteiger partial charge in [0.05, 0.1) is 25.6 Å². The van der Waals surface area contributed by atoms with Crippen LogP contribution in [-0.4, -0.2) is 38.1 Å². The summed E-state index contributed by atoms with van der Waals surface area (Å²) in [7, 11) is 3.08. The molecule has 2 amide bonds. The maximum atomic E-state index is 13.2. The average molecular weight is 380 g/mol. The number of carbonyl (C=O) groups is 2. The van der Waals surface area contributed by atoms with Gasteiger partial charge in [-0.05, 0) is 49.2 Å². The van der Waals surface area contributed by atoms with Crippen LogP contribution in [0, 0.1) is 13.8 Å². The second kappa shape index (κ2) is 6.63. The first-order valence-corrected chi connectivity index (χ1v) is 8.82. The average Bonchev–Trinajstić information content (AvgIpc) is 3.20. The zero-order chi connectivity index (χ0) is 20.0. The minimum Gasteiger partial charge on any atom is -0.493 e. The summed E-state index contributed by atoms with van der Waals surface area (Å²) in [6, 6.07) is 9.14. The third kappa shape index (κ3) is 2.69. The molecule has 0 bridgehead atoms. The number of nitrogens with zero attached hydrogens (tertiary/aromatic N) is 4. The van der Waals surface area contributed by atoms with Gasteiger partial charge in [-0.1, -0.05) is 11.3 Å². The molecular formula is C20H20N4O4. The van der Waals surface area contributed by atoms with Crippen LogP contribution in [0.4, 0.5) is 11.4 Å². The van der Waals surface area contributed by atoms with Gasteiger partial charge in [0.2, 0.25) is 0 Å². The molecule has 1 saturated heterocycles. The molecule has 2 atom stereocenters. The third-order valence-electron chi connectivity index (χ3n) is 4.88. The summed E-state index contributed by atoms with van der Waals surface area (Å²) in [6.45, 7) is 3.86. The van der Waals surface area contributed by atoms with Crippen molar-refractivity contribution >= 4 is 23.2 Å². The van der Waals surface area contributed by atoms with Crippen LogP contribution in [0.25, 0.3) is 0 Å². The highest BCUT2D eigenvalue weighted by Crippen LogP contribution is 2.38. The predicted octanol–water partition coefficient (Wildman–Crippen LogP) is 2.82. The fourth-order valence-corrected chi connectivity index (χ4v) is 3.67. The highest BCUT2D eigenvalue weighted by Gasteiger charge is 2.55. The zero-order valence-corrected chi connectivity index (χ0v) is 16.0. The Morgan fingerprint density at radius 3 is 2.18 bits per heavy atom. The van der Waals surface area contributed by atoms with Crippen molar-refractivity contribution in [3.05, 3.63) is 47.5 Å². The molecule has 0 N–H and O–H groups in total. The molecule has 28 heavy (non-hydrogen) atoms. The van der Waals surface area contributed by atoms with Crippen LogP contribution in [0.2, 0.25) is 0 Å². The number of hydrogen-bond acceptors (Lipinski definition) is 7. The second-order valence-electron chi connectivity index (χ2n) is 6.84. The van der Waals surface area contributed by atoms with E-state index in [1.807, 2.05) is 32.0 Å². The number of benzene rings is 2. The molecule has 0 aliphatic carbocycles. The fraction of sp³-hybridized carbons (Fsp3) is 0.300. The normalized spacial score (nSPS) is 20.7. The van der Waals surface area contributed by atoms with Crippen molar-refractivity contribution in [2.75, 3.05) is 24.1 Å². The van der Waals surface area contributed by atoms with Crippen molar-refractivity contribution < 1.29 is 19.1 Å². The van der Waals surface area contributed by atoms with Crippen LogP contribution in [-0.2, 0) is 9.59 Å². The van der Waals surface area contributed by atoms with E-state index in [9.17, 15) is 9.59 Å². The largest absolute Gasteiger partial charge is 0.493 e. The van der Waals surface area contributed by atoms with E-state index in [0.717, 1.165) is 11.1 Å². The molecule has 4 rings (SSSR count). The molecular weight excluding hydrogens is 360 g/mol. The first-order chi connectivity index (χ1) is 13.4. The summed E-state index contributed by atoms with van der Waals surface area (Å²) >= 11 is 0. The molecule has 2 heterocycles. The van der Waals surface area contributed by atoms with E-state index in [1.165, 1.54) is 17.0 Å². The smallest absolute Gasteiger partial charge is 0.263 e. The monoisotopic (exact) mass is 380 g/mol. The molecule has 1 fully saturated rings. The van der Waals surface area contributed by atoms with E-state index in [0.29, 0.717) is 22.9 Å². The van der Waals surface area contributed by atoms with Gasteiger partial charge in [-0.3, -0.25) is 9.59 Å². The van der Waals surface area contributed by atoms with Gasteiger partial charge in [-0.15, -0.1) is 0 Å². The summed E-state index contributed by atoms with van der Waals surface area (Å²) in [5, 5.41) is 9.62. The van der Waals surface area contributed by atoms with Gasteiger partial charge in [0.15, 0.2) is 23.6 Å². The molecule has 0 radical (unpaired) electrons. The summed E-state index contributed by atoms with van der Waals surface area (Å²) in [5.41, 5.74) is 3.11. The quantitative estimate of drug-likeness (QED) is 0.762. The van der Waals surface area contributed by atoms with Crippen molar-refractivity contribution in [1.82, 2.24) is 0 Å². The van der Waals surface area contributed by atoms with Crippen LogP contribution in [0.15, 0.2) is 46.7 Å². The second-order valence-corrected chi connectivity index (χ2v) is 6.84. The summed E-state index contributed by atoms with van der Waals surface area (Å²) in [5.74, 6) is 0.345. The Morgan fingerprint density at radius 2 is 1.54 bits per heavy atom. The number of amides is 2. The number of imide groups is 1. The van der Waals surface area contributed by atoms with E-state index in [1.54, 1.807) is 25.3 Å². The highest BCUT2D eigenvalue weighted by molar-refractivity contribution is 6.26. The minimum absolute atomic E-state index is 0.347. The van der Waals surface area contributed by atoms with Crippen molar-refractivity contribution in [3.8, 4) is 11.5 Å². The molecule has 0 spiro atoms. The van der Waals surface area contributed by atoms with Crippen LogP contribution in [0.5, 0.6) is 11.5 Å². The lowest BCUT2D eigenvalue weighted by molar-refractivity contribution is -0.121. The van der Waals surface area contributed by atoms with Crippen LogP contribution in [0.3, 0.4) is 0 Å². The summed E-state index contributed by atoms with van der Waals surface area (Å²) in [4.78, 5) is 27.3.